The molecule has 2 aliphatic rings. The molecular formula is C18H20Cl2N2O3. The van der Waals surface area contributed by atoms with Crippen LogP contribution in [0.25, 0.3) is 0 Å². The van der Waals surface area contributed by atoms with Gasteiger partial charge in [-0.05, 0) is 37.5 Å². The molecule has 0 spiro atoms. The second-order valence-corrected chi connectivity index (χ2v) is 7.30. The smallest absolute Gasteiger partial charge is 0.256 e. The summed E-state index contributed by atoms with van der Waals surface area (Å²) in [7, 11) is 0. The molecule has 1 saturated heterocycles. The van der Waals surface area contributed by atoms with Crippen molar-refractivity contribution in [1.29, 1.82) is 0 Å². The van der Waals surface area contributed by atoms with Gasteiger partial charge in [-0.25, -0.2) is 0 Å². The van der Waals surface area contributed by atoms with E-state index in [0.29, 0.717) is 35.0 Å². The van der Waals surface area contributed by atoms with E-state index < -0.39 is 6.04 Å². The third-order valence-electron chi connectivity index (χ3n) is 4.71. The molecule has 1 aromatic rings. The first-order valence-corrected chi connectivity index (χ1v) is 9.10. The number of likely N-dealkylation sites (tertiary alicyclic amines) is 1. The minimum atomic E-state index is -0.510. The maximum atomic E-state index is 12.8. The van der Waals surface area contributed by atoms with E-state index in [9.17, 15) is 14.7 Å². The Morgan fingerprint density at radius 2 is 2.08 bits per heavy atom. The number of hydrogen-bond acceptors (Lipinski definition) is 3. The molecule has 25 heavy (non-hydrogen) atoms. The van der Waals surface area contributed by atoms with E-state index >= 15 is 0 Å². The molecule has 7 heteroatoms. The lowest BCUT2D eigenvalue weighted by molar-refractivity contribution is -0.125. The Labute approximate surface area is 156 Å². The molecule has 1 aliphatic carbocycles. The number of aliphatic hydroxyl groups excluding tert-OH is 1. The van der Waals surface area contributed by atoms with Crippen molar-refractivity contribution in [3.8, 4) is 0 Å². The van der Waals surface area contributed by atoms with Crippen molar-refractivity contribution in [2.45, 2.75) is 31.3 Å². The van der Waals surface area contributed by atoms with Crippen molar-refractivity contribution in [1.82, 2.24) is 10.2 Å². The maximum Gasteiger partial charge on any atom is 0.256 e. The molecule has 1 heterocycles. The fourth-order valence-electron chi connectivity index (χ4n) is 3.39. The third kappa shape index (κ3) is 4.00. The fraction of sp³-hybridized carbons (Fsp3) is 0.444. The molecule has 0 radical (unpaired) electrons. The summed E-state index contributed by atoms with van der Waals surface area (Å²) in [6, 6.07) is 4.13. The van der Waals surface area contributed by atoms with Gasteiger partial charge >= 0.3 is 0 Å². The molecule has 1 unspecified atom stereocenters. The van der Waals surface area contributed by atoms with Gasteiger partial charge in [-0.2, -0.15) is 0 Å². The summed E-state index contributed by atoms with van der Waals surface area (Å²) in [6.07, 6.45) is 5.88. The molecule has 0 saturated carbocycles. The van der Waals surface area contributed by atoms with E-state index in [1.54, 1.807) is 17.0 Å². The van der Waals surface area contributed by atoms with Gasteiger partial charge in [0.1, 0.15) is 6.04 Å². The van der Waals surface area contributed by atoms with Crippen molar-refractivity contribution < 1.29 is 14.7 Å². The zero-order chi connectivity index (χ0) is 18.0. The molecule has 5 nitrogen and oxygen atoms in total. The molecular weight excluding hydrogens is 363 g/mol. The lowest BCUT2D eigenvalue weighted by atomic mass is 10.1. The summed E-state index contributed by atoms with van der Waals surface area (Å²) >= 11 is 12.1. The van der Waals surface area contributed by atoms with E-state index in [1.807, 2.05) is 12.2 Å². The topological polar surface area (TPSA) is 69.6 Å². The fourth-order valence-corrected chi connectivity index (χ4v) is 3.76. The number of halogens is 2. The first kappa shape index (κ1) is 18.2. The molecule has 2 amide bonds. The second-order valence-electron chi connectivity index (χ2n) is 6.46. The van der Waals surface area contributed by atoms with Crippen LogP contribution in [0.15, 0.2) is 30.4 Å². The van der Waals surface area contributed by atoms with E-state index in [2.05, 4.69) is 5.32 Å². The van der Waals surface area contributed by atoms with Crippen LogP contribution >= 0.6 is 23.2 Å². The van der Waals surface area contributed by atoms with Gasteiger partial charge in [0, 0.05) is 30.1 Å². The minimum absolute atomic E-state index is 0.0736. The van der Waals surface area contributed by atoms with Crippen LogP contribution in [-0.4, -0.2) is 47.1 Å². The van der Waals surface area contributed by atoms with Crippen LogP contribution in [0.5, 0.6) is 0 Å². The molecule has 3 rings (SSSR count). The molecule has 1 aromatic carbocycles. The Bertz CT molecular complexity index is 708. The largest absolute Gasteiger partial charge is 0.396 e. The van der Waals surface area contributed by atoms with Gasteiger partial charge in [-0.1, -0.05) is 35.4 Å². The van der Waals surface area contributed by atoms with Gasteiger partial charge in [-0.15, -0.1) is 0 Å². The number of hydrogen-bond donors (Lipinski definition) is 2. The predicted molar refractivity (Wildman–Crippen MR) is 96.8 cm³/mol. The van der Waals surface area contributed by atoms with E-state index in [1.165, 1.54) is 6.07 Å². The van der Waals surface area contributed by atoms with Crippen molar-refractivity contribution in [2.75, 3.05) is 13.2 Å². The van der Waals surface area contributed by atoms with E-state index in [4.69, 9.17) is 23.2 Å². The number of aliphatic hydroxyl groups is 1. The quantitative estimate of drug-likeness (QED) is 0.786. The van der Waals surface area contributed by atoms with Gasteiger partial charge in [0.15, 0.2) is 0 Å². The van der Waals surface area contributed by atoms with Crippen LogP contribution in [0.3, 0.4) is 0 Å². The average Bonchev–Trinajstić information content (AvgIpc) is 3.25. The van der Waals surface area contributed by atoms with Crippen LogP contribution in [0, 0.1) is 5.92 Å². The first-order chi connectivity index (χ1) is 12.0. The second kappa shape index (κ2) is 7.77. The third-order valence-corrected chi connectivity index (χ3v) is 5.27. The van der Waals surface area contributed by atoms with Gasteiger partial charge in [0.2, 0.25) is 5.91 Å². The van der Waals surface area contributed by atoms with Gasteiger partial charge in [0.25, 0.3) is 5.91 Å². The summed E-state index contributed by atoms with van der Waals surface area (Å²) in [6.45, 7) is 0.587. The van der Waals surface area contributed by atoms with Crippen molar-refractivity contribution in [3.63, 3.8) is 0 Å². The van der Waals surface area contributed by atoms with Crippen molar-refractivity contribution >= 4 is 35.0 Å². The zero-order valence-electron chi connectivity index (χ0n) is 13.6. The highest BCUT2D eigenvalue weighted by molar-refractivity contribution is 6.35. The van der Waals surface area contributed by atoms with Crippen LogP contribution in [0.2, 0.25) is 10.0 Å². The average molecular weight is 383 g/mol. The molecule has 134 valence electrons. The first-order valence-electron chi connectivity index (χ1n) is 8.35. The summed E-state index contributed by atoms with van der Waals surface area (Å²) < 4.78 is 0. The molecule has 2 N–H and O–H groups in total. The molecule has 1 aliphatic heterocycles. The highest BCUT2D eigenvalue weighted by Gasteiger charge is 2.36. The Kier molecular flexibility index (Phi) is 5.67. The van der Waals surface area contributed by atoms with Crippen LogP contribution in [0.1, 0.15) is 29.6 Å². The van der Waals surface area contributed by atoms with Crippen molar-refractivity contribution in [3.05, 3.63) is 46.0 Å². The minimum Gasteiger partial charge on any atom is -0.396 e. The van der Waals surface area contributed by atoms with Crippen LogP contribution in [0.4, 0.5) is 0 Å². The number of carbonyl (C=O) groups excluding carboxylic acids is 2. The lowest BCUT2D eigenvalue weighted by Crippen LogP contribution is -2.48. The Balaban J connectivity index is 1.70. The normalized spacial score (nSPS) is 25.4. The van der Waals surface area contributed by atoms with Gasteiger partial charge < -0.3 is 15.3 Å². The summed E-state index contributed by atoms with van der Waals surface area (Å²) in [5.74, 6) is -0.366. The van der Waals surface area contributed by atoms with Gasteiger partial charge in [0.05, 0.1) is 10.6 Å². The van der Waals surface area contributed by atoms with Crippen LogP contribution < -0.4 is 5.32 Å². The predicted octanol–water partition coefficient (Wildman–Crippen LogP) is 2.65. The molecule has 3 atom stereocenters. The van der Waals surface area contributed by atoms with E-state index in [-0.39, 0.29) is 30.4 Å². The number of nitrogens with one attached hydrogen (secondary N) is 1. The zero-order valence-corrected chi connectivity index (χ0v) is 15.1. The lowest BCUT2D eigenvalue weighted by Gasteiger charge is -2.26. The number of benzene rings is 1. The number of nitrogens with zero attached hydrogens (tertiary/aromatic N) is 1. The molecule has 0 bridgehead atoms. The molecule has 0 aromatic heterocycles. The number of carbonyl (C=O) groups is 2. The number of amides is 2. The van der Waals surface area contributed by atoms with Gasteiger partial charge in [-0.3, -0.25) is 9.59 Å². The van der Waals surface area contributed by atoms with Crippen LogP contribution in [-0.2, 0) is 4.79 Å². The summed E-state index contributed by atoms with van der Waals surface area (Å²) in [5, 5.41) is 12.9. The van der Waals surface area contributed by atoms with Crippen molar-refractivity contribution in [2.24, 2.45) is 5.92 Å². The summed E-state index contributed by atoms with van der Waals surface area (Å²) in [5.41, 5.74) is 0.315. The number of rotatable bonds is 4. The Morgan fingerprint density at radius 3 is 2.80 bits per heavy atom. The standard InChI is InChI=1S/C18H20Cl2N2O3/c19-12-4-6-15(20)14(9-12)18(25)22-7-1-2-16(22)17(24)21-13-5-3-11(8-13)10-23/h3-6,9,11,13,16,23H,1-2,7-8,10H2,(H,21,24)/t11-,13+,16?/m0/s1. The Morgan fingerprint density at radius 1 is 1.28 bits per heavy atom. The highest BCUT2D eigenvalue weighted by Crippen LogP contribution is 2.27. The summed E-state index contributed by atoms with van der Waals surface area (Å²) in [4.78, 5) is 27.0. The molecule has 1 fully saturated rings. The maximum absolute atomic E-state index is 12.8. The SMILES string of the molecule is O=C(N[C@@H]1C=C[C@H](CO)C1)C1CCCN1C(=O)c1cc(Cl)ccc1Cl. The van der Waals surface area contributed by atoms with E-state index in [0.717, 1.165) is 6.42 Å². The monoisotopic (exact) mass is 382 g/mol. The Hall–Kier alpha value is -1.56. The highest BCUT2D eigenvalue weighted by atomic mass is 35.5.